The van der Waals surface area contributed by atoms with E-state index in [1.807, 2.05) is 30.3 Å². The van der Waals surface area contributed by atoms with Crippen molar-refractivity contribution < 1.29 is 41.5 Å². The third-order valence-electron chi connectivity index (χ3n) is 6.86. The van der Waals surface area contributed by atoms with Gasteiger partial charge in [-0.1, -0.05) is 24.3 Å². The topological polar surface area (TPSA) is 118 Å². The van der Waals surface area contributed by atoms with E-state index in [0.29, 0.717) is 35.7 Å². The highest BCUT2D eigenvalue weighted by Crippen LogP contribution is 2.41. The number of sulfone groups is 1. The number of nitrogens with zero attached hydrogens (tertiary/aromatic N) is 1. The summed E-state index contributed by atoms with van der Waals surface area (Å²) in [6, 6.07) is 20.1. The number of hydrogen-bond acceptors (Lipinski definition) is 10. The fourth-order valence-electron chi connectivity index (χ4n) is 4.88. The normalized spacial score (nSPS) is 17.5. The van der Waals surface area contributed by atoms with Crippen LogP contribution in [0.25, 0.3) is 0 Å². The number of likely N-dealkylation sites (N-methyl/N-ethyl adjacent to an activating group) is 1. The van der Waals surface area contributed by atoms with Crippen LogP contribution in [0.3, 0.4) is 0 Å². The molecule has 1 heterocycles. The molecular formula is C30H32BNO9S. The molecule has 3 aromatic carbocycles. The van der Waals surface area contributed by atoms with E-state index in [4.69, 9.17) is 23.5 Å². The molecule has 5 rings (SSSR count). The number of carbonyl (C=O) groups is 2. The second-order valence-electron chi connectivity index (χ2n) is 10.4. The van der Waals surface area contributed by atoms with Crippen LogP contribution < -0.4 is 19.7 Å². The van der Waals surface area contributed by atoms with Crippen LogP contribution in [0.1, 0.15) is 30.1 Å². The summed E-state index contributed by atoms with van der Waals surface area (Å²) in [5, 5.41) is 0. The van der Waals surface area contributed by atoms with Gasteiger partial charge in [-0.2, -0.15) is 0 Å². The second kappa shape index (κ2) is 12.9. The molecule has 42 heavy (non-hydrogen) atoms. The second-order valence-corrected chi connectivity index (χ2v) is 12.7. The first-order valence-corrected chi connectivity index (χ1v) is 15.7. The summed E-state index contributed by atoms with van der Waals surface area (Å²) in [4.78, 5) is 25.7. The van der Waals surface area contributed by atoms with Crippen molar-refractivity contribution in [3.63, 3.8) is 0 Å². The van der Waals surface area contributed by atoms with Crippen LogP contribution >= 0.6 is 0 Å². The summed E-state index contributed by atoms with van der Waals surface area (Å²) < 4.78 is 51.3. The fourth-order valence-corrected chi connectivity index (χ4v) is 5.52. The van der Waals surface area contributed by atoms with E-state index < -0.39 is 28.9 Å². The van der Waals surface area contributed by atoms with Gasteiger partial charge in [-0.05, 0) is 74.3 Å². The molecule has 1 aliphatic carbocycles. The van der Waals surface area contributed by atoms with Crippen LogP contribution in [0.2, 0.25) is 0 Å². The van der Waals surface area contributed by atoms with E-state index in [0.717, 1.165) is 29.7 Å². The Bertz CT molecular complexity index is 1510. The minimum atomic E-state index is -3.00. The molecule has 0 radical (unpaired) electrons. The number of rotatable bonds is 10. The summed E-state index contributed by atoms with van der Waals surface area (Å²) >= 11 is 0. The molecule has 0 bridgehead atoms. The lowest BCUT2D eigenvalue weighted by molar-refractivity contribution is -0.145. The van der Waals surface area contributed by atoms with Gasteiger partial charge in [0, 0.05) is 17.3 Å². The van der Waals surface area contributed by atoms with Gasteiger partial charge in [0.05, 0.1) is 25.4 Å². The first kappa shape index (κ1) is 29.5. The van der Waals surface area contributed by atoms with Crippen LogP contribution in [0.4, 0.5) is 0 Å². The van der Waals surface area contributed by atoms with Crippen molar-refractivity contribution >= 4 is 34.4 Å². The van der Waals surface area contributed by atoms with Crippen LogP contribution in [-0.2, 0) is 35.2 Å². The molecule has 0 spiro atoms. The van der Waals surface area contributed by atoms with Crippen molar-refractivity contribution in [2.75, 3.05) is 38.8 Å². The predicted molar refractivity (Wildman–Crippen MR) is 156 cm³/mol. The number of benzene rings is 3. The Kier molecular flexibility index (Phi) is 9.03. The minimum absolute atomic E-state index is 0.00823. The minimum Gasteiger partial charge on any atom is -0.494 e. The van der Waals surface area contributed by atoms with Crippen LogP contribution in [0.5, 0.6) is 23.0 Å². The van der Waals surface area contributed by atoms with Crippen molar-refractivity contribution in [1.29, 1.82) is 0 Å². The van der Waals surface area contributed by atoms with Crippen molar-refractivity contribution in [3.8, 4) is 23.0 Å². The highest BCUT2D eigenvalue weighted by molar-refractivity contribution is 7.90. The van der Waals surface area contributed by atoms with Gasteiger partial charge >= 0.3 is 19.1 Å². The maximum atomic E-state index is 12.1. The number of ether oxygens (including phenoxy) is 3. The van der Waals surface area contributed by atoms with Gasteiger partial charge in [-0.3, -0.25) is 14.5 Å². The molecule has 1 aliphatic heterocycles. The lowest BCUT2D eigenvalue weighted by atomic mass is 9.78. The smallest absolute Gasteiger partial charge is 0.494 e. The Morgan fingerprint density at radius 2 is 1.55 bits per heavy atom. The largest absolute Gasteiger partial charge is 0.636 e. The molecule has 0 amide bonds. The summed E-state index contributed by atoms with van der Waals surface area (Å²) in [6.45, 7) is 0.339. The number of carbonyl (C=O) groups excluding carboxylic acids is 2. The predicted octanol–water partition coefficient (Wildman–Crippen LogP) is 3.09. The average molecular weight is 593 g/mol. The van der Waals surface area contributed by atoms with E-state index in [1.54, 1.807) is 43.4 Å². The Hall–Kier alpha value is -4.03. The van der Waals surface area contributed by atoms with Crippen molar-refractivity contribution in [1.82, 2.24) is 4.90 Å². The van der Waals surface area contributed by atoms with Crippen LogP contribution in [0.15, 0.2) is 66.7 Å². The quantitative estimate of drug-likeness (QED) is 0.257. The summed E-state index contributed by atoms with van der Waals surface area (Å²) in [5.41, 5.74) is 2.68. The van der Waals surface area contributed by atoms with Crippen molar-refractivity contribution in [3.05, 3.63) is 77.9 Å². The lowest BCUT2D eigenvalue weighted by Gasteiger charge is -2.22. The summed E-state index contributed by atoms with van der Waals surface area (Å²) in [7, 11) is -2.45. The molecule has 0 unspecified atom stereocenters. The standard InChI is InChI=1S/C30H32BNO9S/c1-32-19-29(33)40-31(41-30(34)20-32)21-7-9-23(10-8-21)39-28-16-15-26-25(28)5-3-6-27(26)38-24-13-11-22(12-14-24)37-17-4-18-42(2,35)36/h3,5-14,28H,4,15-20H2,1-2H3/t28-/m1/s1. The zero-order chi connectivity index (χ0) is 29.7. The van der Waals surface area contributed by atoms with E-state index in [9.17, 15) is 18.0 Å². The molecule has 1 atom stereocenters. The molecule has 3 aromatic rings. The Labute approximate surface area is 245 Å². The van der Waals surface area contributed by atoms with E-state index in [2.05, 4.69) is 0 Å². The van der Waals surface area contributed by atoms with Gasteiger partial charge in [0.1, 0.15) is 38.9 Å². The van der Waals surface area contributed by atoms with E-state index in [-0.39, 0.29) is 24.9 Å². The average Bonchev–Trinajstić information content (AvgIpc) is 3.34. The molecular weight excluding hydrogens is 561 g/mol. The van der Waals surface area contributed by atoms with Crippen molar-refractivity contribution in [2.45, 2.75) is 25.4 Å². The zero-order valence-corrected chi connectivity index (χ0v) is 24.3. The highest BCUT2D eigenvalue weighted by Gasteiger charge is 2.34. The van der Waals surface area contributed by atoms with Gasteiger partial charge in [0.15, 0.2) is 0 Å². The fraction of sp³-hybridized carbons (Fsp3) is 0.333. The molecule has 1 saturated heterocycles. The van der Waals surface area contributed by atoms with Gasteiger partial charge in [0.2, 0.25) is 0 Å². The monoisotopic (exact) mass is 593 g/mol. The molecule has 0 aromatic heterocycles. The van der Waals surface area contributed by atoms with Crippen molar-refractivity contribution in [2.24, 2.45) is 0 Å². The Balaban J connectivity index is 1.19. The van der Waals surface area contributed by atoms with Crippen LogP contribution in [-0.4, -0.2) is 71.1 Å². The van der Waals surface area contributed by atoms with E-state index in [1.165, 1.54) is 11.2 Å². The lowest BCUT2D eigenvalue weighted by Crippen LogP contribution is -2.47. The maximum absolute atomic E-state index is 12.1. The van der Waals surface area contributed by atoms with Crippen LogP contribution in [0, 0.1) is 0 Å². The summed E-state index contributed by atoms with van der Waals surface area (Å²) in [6.07, 6.45) is 3.06. The molecule has 10 nitrogen and oxygen atoms in total. The summed E-state index contributed by atoms with van der Waals surface area (Å²) in [5.74, 6) is 1.86. The zero-order valence-electron chi connectivity index (χ0n) is 23.5. The van der Waals surface area contributed by atoms with Gasteiger partial charge in [0.25, 0.3) is 0 Å². The van der Waals surface area contributed by atoms with Gasteiger partial charge in [-0.15, -0.1) is 0 Å². The number of fused-ring (bicyclic) bond motifs is 1. The maximum Gasteiger partial charge on any atom is 0.636 e. The SMILES string of the molecule is CN1CC(=O)OB(c2ccc(O[C@@H]3CCc4c(Oc5ccc(OCCCS(C)(=O)=O)cc5)cccc43)cc2)OC(=O)C1. The molecule has 2 aliphatic rings. The van der Waals surface area contributed by atoms with E-state index >= 15 is 0 Å². The molecule has 12 heteroatoms. The first-order chi connectivity index (χ1) is 20.1. The number of hydrogen-bond donors (Lipinski definition) is 0. The first-order valence-electron chi connectivity index (χ1n) is 13.7. The van der Waals surface area contributed by atoms with Gasteiger partial charge < -0.3 is 23.5 Å². The third-order valence-corrected chi connectivity index (χ3v) is 7.89. The highest BCUT2D eigenvalue weighted by atomic mass is 32.2. The van der Waals surface area contributed by atoms with Gasteiger partial charge in [-0.25, -0.2) is 8.42 Å². The Morgan fingerprint density at radius 3 is 2.21 bits per heavy atom. The molecule has 220 valence electrons. The molecule has 0 saturated carbocycles. The molecule has 1 fully saturated rings. The Morgan fingerprint density at radius 1 is 0.905 bits per heavy atom. The third kappa shape index (κ3) is 7.83. The molecule has 0 N–H and O–H groups in total.